The summed E-state index contributed by atoms with van der Waals surface area (Å²) in [5.74, 6) is 0.627. The van der Waals surface area contributed by atoms with E-state index in [9.17, 15) is 5.11 Å². The first-order valence-corrected chi connectivity index (χ1v) is 4.52. The quantitative estimate of drug-likeness (QED) is 0.620. The van der Waals surface area contributed by atoms with Gasteiger partial charge < -0.3 is 10.2 Å². The summed E-state index contributed by atoms with van der Waals surface area (Å²) < 4.78 is 0. The van der Waals surface area contributed by atoms with Crippen LogP contribution >= 0.6 is 0 Å². The Morgan fingerprint density at radius 2 is 1.92 bits per heavy atom. The second kappa shape index (κ2) is 6.21. The van der Waals surface area contributed by atoms with Gasteiger partial charge >= 0.3 is 0 Å². The van der Waals surface area contributed by atoms with E-state index in [1.165, 1.54) is 0 Å². The molecule has 0 aliphatic heterocycles. The molecule has 0 heterocycles. The zero-order valence-corrected chi connectivity index (χ0v) is 8.25. The molecule has 0 rings (SSSR count). The highest BCUT2D eigenvalue weighted by Crippen LogP contribution is 2.08. The average molecular weight is 172 g/mol. The van der Waals surface area contributed by atoms with E-state index >= 15 is 0 Å². The number of rotatable bonds is 5. The maximum Gasteiger partial charge on any atom is 0.0724 e. The molecule has 2 N–H and O–H groups in total. The molecule has 0 saturated carbocycles. The number of aliphatic hydroxyl groups excluding tert-OH is 2. The number of hydrogen-bond acceptors (Lipinski definition) is 2. The number of hydrogen-bond donors (Lipinski definition) is 2. The average Bonchev–Trinajstić information content (AvgIpc) is 2.00. The molecule has 0 aromatic carbocycles. The topological polar surface area (TPSA) is 40.5 Å². The fourth-order valence-electron chi connectivity index (χ4n) is 0.969. The van der Waals surface area contributed by atoms with Gasteiger partial charge in [-0.1, -0.05) is 19.9 Å². The van der Waals surface area contributed by atoms with Gasteiger partial charge in [-0.25, -0.2) is 0 Å². The second-order valence-electron chi connectivity index (χ2n) is 3.71. The van der Waals surface area contributed by atoms with Crippen LogP contribution in [-0.4, -0.2) is 22.9 Å². The van der Waals surface area contributed by atoms with Crippen molar-refractivity contribution in [3.63, 3.8) is 0 Å². The Labute approximate surface area is 74.9 Å². The highest BCUT2D eigenvalue weighted by molar-refractivity contribution is 5.01. The van der Waals surface area contributed by atoms with Gasteiger partial charge in [0.25, 0.3) is 0 Å². The minimum Gasteiger partial charge on any atom is -0.392 e. The third-order valence-electron chi connectivity index (χ3n) is 1.77. The maximum absolute atomic E-state index is 9.41. The monoisotopic (exact) mass is 172 g/mol. The molecule has 0 saturated heterocycles. The van der Waals surface area contributed by atoms with Gasteiger partial charge in [-0.15, -0.1) is 0 Å². The van der Waals surface area contributed by atoms with Crippen LogP contribution in [0.5, 0.6) is 0 Å². The normalized spacial score (nSPS) is 15.3. The molecule has 0 amide bonds. The molecule has 2 nitrogen and oxygen atoms in total. The van der Waals surface area contributed by atoms with Crippen LogP contribution in [0, 0.1) is 5.92 Å². The van der Waals surface area contributed by atoms with Crippen LogP contribution in [0.1, 0.15) is 33.6 Å². The van der Waals surface area contributed by atoms with Crippen molar-refractivity contribution < 1.29 is 10.2 Å². The van der Waals surface area contributed by atoms with E-state index in [-0.39, 0.29) is 12.7 Å². The molecule has 0 aromatic heterocycles. The van der Waals surface area contributed by atoms with Crippen LogP contribution in [0.25, 0.3) is 0 Å². The fraction of sp³-hybridized carbons (Fsp3) is 0.800. The molecular weight excluding hydrogens is 152 g/mol. The predicted octanol–water partition coefficient (Wildman–Crippen LogP) is 1.72. The minimum atomic E-state index is -0.389. The van der Waals surface area contributed by atoms with Gasteiger partial charge in [0.15, 0.2) is 0 Å². The third-order valence-corrected chi connectivity index (χ3v) is 1.77. The summed E-state index contributed by atoms with van der Waals surface area (Å²) in [5.41, 5.74) is 0.839. The lowest BCUT2D eigenvalue weighted by atomic mass is 10.0. The first-order valence-electron chi connectivity index (χ1n) is 4.52. The second-order valence-corrected chi connectivity index (χ2v) is 3.71. The molecule has 0 aliphatic rings. The molecule has 72 valence electrons. The lowest BCUT2D eigenvalue weighted by Gasteiger charge is -2.08. The van der Waals surface area contributed by atoms with Crippen molar-refractivity contribution in [2.75, 3.05) is 6.61 Å². The van der Waals surface area contributed by atoms with Crippen molar-refractivity contribution in [2.24, 2.45) is 5.92 Å². The molecule has 0 aliphatic carbocycles. The lowest BCUT2D eigenvalue weighted by molar-refractivity contribution is 0.200. The highest BCUT2D eigenvalue weighted by atomic mass is 16.3. The van der Waals surface area contributed by atoms with Gasteiger partial charge in [0.05, 0.1) is 12.7 Å². The summed E-state index contributed by atoms with van der Waals surface area (Å²) in [7, 11) is 0. The molecule has 1 atom stereocenters. The molecule has 0 aromatic rings. The summed E-state index contributed by atoms with van der Waals surface area (Å²) in [4.78, 5) is 0. The van der Waals surface area contributed by atoms with E-state index in [1.807, 2.05) is 6.92 Å². The van der Waals surface area contributed by atoms with Crippen LogP contribution in [0.3, 0.4) is 0 Å². The molecule has 0 fully saturated rings. The highest BCUT2D eigenvalue weighted by Gasteiger charge is 2.02. The van der Waals surface area contributed by atoms with Gasteiger partial charge in [-0.3, -0.25) is 0 Å². The Morgan fingerprint density at radius 3 is 2.33 bits per heavy atom. The largest absolute Gasteiger partial charge is 0.392 e. The van der Waals surface area contributed by atoms with E-state index in [0.29, 0.717) is 5.92 Å². The van der Waals surface area contributed by atoms with Gasteiger partial charge in [-0.2, -0.15) is 0 Å². The Kier molecular flexibility index (Phi) is 6.03. The van der Waals surface area contributed by atoms with Crippen molar-refractivity contribution in [1.82, 2.24) is 0 Å². The maximum atomic E-state index is 9.41. The summed E-state index contributed by atoms with van der Waals surface area (Å²) in [6, 6.07) is 0. The van der Waals surface area contributed by atoms with Crippen molar-refractivity contribution in [1.29, 1.82) is 0 Å². The molecular formula is C10H20O2. The Bertz CT molecular complexity index is 139. The molecule has 1 unspecified atom stereocenters. The van der Waals surface area contributed by atoms with Crippen molar-refractivity contribution in [3.8, 4) is 0 Å². The van der Waals surface area contributed by atoms with Crippen molar-refractivity contribution in [2.45, 2.75) is 39.7 Å². The summed E-state index contributed by atoms with van der Waals surface area (Å²) in [6.45, 7) is 6.13. The standard InChI is InChI=1S/C10H20O2/c1-8(2)4-5-10(12)6-9(3)7-11/h6,8,10-12H,4-5,7H2,1-3H3. The van der Waals surface area contributed by atoms with E-state index in [1.54, 1.807) is 6.08 Å². The zero-order valence-electron chi connectivity index (χ0n) is 8.25. The Hall–Kier alpha value is -0.340. The summed E-state index contributed by atoms with van der Waals surface area (Å²) >= 11 is 0. The van der Waals surface area contributed by atoms with Crippen LogP contribution in [-0.2, 0) is 0 Å². The van der Waals surface area contributed by atoms with Gasteiger partial charge in [0.1, 0.15) is 0 Å². The van der Waals surface area contributed by atoms with E-state index in [4.69, 9.17) is 5.11 Å². The predicted molar refractivity (Wildman–Crippen MR) is 50.9 cm³/mol. The van der Waals surface area contributed by atoms with Gasteiger partial charge in [-0.05, 0) is 31.3 Å². The van der Waals surface area contributed by atoms with Crippen LogP contribution in [0.2, 0.25) is 0 Å². The summed E-state index contributed by atoms with van der Waals surface area (Å²) in [5, 5.41) is 18.1. The van der Waals surface area contributed by atoms with Crippen LogP contribution in [0.4, 0.5) is 0 Å². The molecule has 0 radical (unpaired) electrons. The number of aliphatic hydroxyl groups is 2. The lowest BCUT2D eigenvalue weighted by Crippen LogP contribution is -2.05. The minimum absolute atomic E-state index is 0.0404. The molecule has 0 bridgehead atoms. The molecule has 12 heavy (non-hydrogen) atoms. The summed E-state index contributed by atoms with van der Waals surface area (Å²) in [6.07, 6.45) is 3.15. The molecule has 2 heteroatoms. The fourth-order valence-corrected chi connectivity index (χ4v) is 0.969. The smallest absolute Gasteiger partial charge is 0.0724 e. The Morgan fingerprint density at radius 1 is 1.33 bits per heavy atom. The van der Waals surface area contributed by atoms with Crippen LogP contribution < -0.4 is 0 Å². The van der Waals surface area contributed by atoms with Crippen molar-refractivity contribution >= 4 is 0 Å². The van der Waals surface area contributed by atoms with E-state index in [0.717, 1.165) is 18.4 Å². The molecule has 0 spiro atoms. The van der Waals surface area contributed by atoms with Gasteiger partial charge in [0, 0.05) is 0 Å². The van der Waals surface area contributed by atoms with E-state index in [2.05, 4.69) is 13.8 Å². The Balaban J connectivity index is 3.65. The van der Waals surface area contributed by atoms with Crippen LogP contribution in [0.15, 0.2) is 11.6 Å². The zero-order chi connectivity index (χ0) is 9.56. The SMILES string of the molecule is CC(=CC(O)CCC(C)C)CO. The first-order chi connectivity index (χ1) is 5.56. The van der Waals surface area contributed by atoms with Crippen molar-refractivity contribution in [3.05, 3.63) is 11.6 Å². The van der Waals surface area contributed by atoms with E-state index < -0.39 is 0 Å². The third kappa shape index (κ3) is 6.38. The first kappa shape index (κ1) is 11.7. The van der Waals surface area contributed by atoms with Gasteiger partial charge in [0.2, 0.25) is 0 Å².